The summed E-state index contributed by atoms with van der Waals surface area (Å²) in [6, 6.07) is 0. The van der Waals surface area contributed by atoms with Crippen LogP contribution in [0.1, 0.15) is 142 Å². The molecule has 4 nitrogen and oxygen atoms in total. The highest BCUT2D eigenvalue weighted by Crippen LogP contribution is 2.14. The normalized spacial score (nSPS) is 11.8. The second kappa shape index (κ2) is 25.5. The summed E-state index contributed by atoms with van der Waals surface area (Å²) in [4.78, 5) is 11.7. The smallest absolute Gasteiger partial charge is 0.275 e. The number of quaternary nitrogens is 1. The average Bonchev–Trinajstić information content (AvgIpc) is 2.78. The van der Waals surface area contributed by atoms with Crippen LogP contribution < -0.4 is 5.32 Å². The van der Waals surface area contributed by atoms with E-state index >= 15 is 0 Å². The third kappa shape index (κ3) is 29.4. The molecule has 34 heavy (non-hydrogen) atoms. The van der Waals surface area contributed by atoms with Crippen LogP contribution in [0.25, 0.3) is 0 Å². The van der Waals surface area contributed by atoms with Gasteiger partial charge in [0.15, 0.2) is 6.54 Å². The Morgan fingerprint density at radius 1 is 0.559 bits per heavy atom. The lowest BCUT2D eigenvalue weighted by Gasteiger charge is -2.22. The number of nitrogens with zero attached hydrogens (tertiary/aromatic N) is 1. The molecule has 0 aromatic carbocycles. The highest BCUT2D eigenvalue weighted by atomic mass is 16.5. The molecule has 0 aliphatic carbocycles. The summed E-state index contributed by atoms with van der Waals surface area (Å²) in [7, 11) is 6.09. The molecule has 0 saturated heterocycles. The Balaban J connectivity index is 3.10. The molecular weight excluding hydrogens is 420 g/mol. The Labute approximate surface area is 214 Å². The van der Waals surface area contributed by atoms with Gasteiger partial charge < -0.3 is 14.5 Å². The van der Waals surface area contributed by atoms with E-state index in [0.717, 1.165) is 26.2 Å². The summed E-state index contributed by atoms with van der Waals surface area (Å²) >= 11 is 0. The second-order valence-corrected chi connectivity index (χ2v) is 11.5. The maximum absolute atomic E-state index is 11.7. The van der Waals surface area contributed by atoms with Crippen LogP contribution in [0.4, 0.5) is 0 Å². The fraction of sp³-hybridized carbons (Fsp3) is 0.967. The van der Waals surface area contributed by atoms with E-state index in [1.807, 2.05) is 21.1 Å². The molecule has 0 saturated carbocycles. The summed E-state index contributed by atoms with van der Waals surface area (Å²) in [5.41, 5.74) is 0. The van der Waals surface area contributed by atoms with E-state index in [-0.39, 0.29) is 5.91 Å². The van der Waals surface area contributed by atoms with Crippen molar-refractivity contribution in [2.24, 2.45) is 0 Å². The number of ether oxygens (including phenoxy) is 1. The van der Waals surface area contributed by atoms with Crippen LogP contribution in [-0.4, -0.2) is 57.8 Å². The molecule has 0 unspecified atom stereocenters. The van der Waals surface area contributed by atoms with Gasteiger partial charge in [0.1, 0.15) is 0 Å². The average molecular weight is 484 g/mol. The van der Waals surface area contributed by atoms with Gasteiger partial charge in [-0.05, 0) is 12.8 Å². The molecule has 204 valence electrons. The summed E-state index contributed by atoms with van der Waals surface area (Å²) in [5.74, 6) is 0.126. The van der Waals surface area contributed by atoms with Gasteiger partial charge in [0.05, 0.1) is 21.1 Å². The van der Waals surface area contributed by atoms with Gasteiger partial charge in [-0.3, -0.25) is 4.79 Å². The molecule has 0 rings (SSSR count). The van der Waals surface area contributed by atoms with Gasteiger partial charge in [0.2, 0.25) is 0 Å². The van der Waals surface area contributed by atoms with Gasteiger partial charge in [-0.15, -0.1) is 0 Å². The lowest BCUT2D eigenvalue weighted by atomic mass is 10.0. The molecule has 0 atom stereocenters. The highest BCUT2D eigenvalue weighted by molar-refractivity contribution is 5.76. The van der Waals surface area contributed by atoms with Gasteiger partial charge >= 0.3 is 0 Å². The van der Waals surface area contributed by atoms with Gasteiger partial charge in [-0.1, -0.05) is 129 Å². The zero-order valence-electron chi connectivity index (χ0n) is 23.9. The number of carbonyl (C=O) groups is 1. The zero-order valence-corrected chi connectivity index (χ0v) is 23.9. The fourth-order valence-electron chi connectivity index (χ4n) is 4.45. The molecule has 0 radical (unpaired) electrons. The van der Waals surface area contributed by atoms with Crippen LogP contribution >= 0.6 is 0 Å². The van der Waals surface area contributed by atoms with Crippen molar-refractivity contribution < 1.29 is 14.0 Å². The minimum Gasteiger partial charge on any atom is -0.381 e. The van der Waals surface area contributed by atoms with E-state index in [1.54, 1.807) is 0 Å². The van der Waals surface area contributed by atoms with Gasteiger partial charge in [-0.2, -0.15) is 0 Å². The van der Waals surface area contributed by atoms with Crippen molar-refractivity contribution in [1.29, 1.82) is 0 Å². The lowest BCUT2D eigenvalue weighted by molar-refractivity contribution is -0.862. The Hall–Kier alpha value is -0.610. The minimum absolute atomic E-state index is 0.126. The number of likely N-dealkylation sites (N-methyl/N-ethyl adjacent to an activating group) is 1. The number of unbranched alkanes of at least 4 members (excludes halogenated alkanes) is 19. The maximum atomic E-state index is 11.7. The second-order valence-electron chi connectivity index (χ2n) is 11.5. The molecule has 0 heterocycles. The molecule has 0 aliphatic rings. The fourth-order valence-corrected chi connectivity index (χ4v) is 4.45. The van der Waals surface area contributed by atoms with Crippen molar-refractivity contribution in [3.8, 4) is 0 Å². The number of amides is 1. The van der Waals surface area contributed by atoms with Crippen LogP contribution in [0.3, 0.4) is 0 Å². The predicted molar refractivity (Wildman–Crippen MR) is 149 cm³/mol. The third-order valence-electron chi connectivity index (χ3n) is 6.55. The van der Waals surface area contributed by atoms with E-state index in [1.165, 1.54) is 128 Å². The molecule has 0 aromatic heterocycles. The monoisotopic (exact) mass is 483 g/mol. The largest absolute Gasteiger partial charge is 0.381 e. The predicted octanol–water partition coefficient (Wildman–Crippen LogP) is 8.04. The first-order chi connectivity index (χ1) is 16.5. The molecule has 0 fully saturated rings. The van der Waals surface area contributed by atoms with Crippen molar-refractivity contribution in [3.63, 3.8) is 0 Å². The molecule has 0 spiro atoms. The Bertz CT molecular complexity index is 421. The Morgan fingerprint density at radius 3 is 1.29 bits per heavy atom. The number of carbonyl (C=O) groups excluding carboxylic acids is 1. The summed E-state index contributed by atoms with van der Waals surface area (Å²) in [6.45, 7) is 5.16. The summed E-state index contributed by atoms with van der Waals surface area (Å²) in [6.07, 6.45) is 29.2. The standard InChI is InChI=1S/C30H62N2O2/c1-5-6-7-8-9-10-11-12-13-14-15-16-17-18-19-20-21-22-23-24-27-34-28-25-26-31-30(33)29-32(2,3)4/h5-29H2,1-4H3/p+1. The highest BCUT2D eigenvalue weighted by Gasteiger charge is 2.13. The molecule has 0 aliphatic heterocycles. The van der Waals surface area contributed by atoms with Gasteiger partial charge in [-0.25, -0.2) is 0 Å². The molecule has 4 heteroatoms. The van der Waals surface area contributed by atoms with Crippen molar-refractivity contribution in [3.05, 3.63) is 0 Å². The van der Waals surface area contributed by atoms with E-state index in [4.69, 9.17) is 4.74 Å². The van der Waals surface area contributed by atoms with Crippen LogP contribution in [0.2, 0.25) is 0 Å². The first-order valence-corrected chi connectivity index (χ1v) is 15.1. The van der Waals surface area contributed by atoms with Crippen LogP contribution in [-0.2, 0) is 9.53 Å². The van der Waals surface area contributed by atoms with E-state index in [9.17, 15) is 4.79 Å². The molecule has 0 aromatic rings. The van der Waals surface area contributed by atoms with Crippen LogP contribution in [0.15, 0.2) is 0 Å². The Kier molecular flexibility index (Phi) is 25.0. The first kappa shape index (κ1) is 33.4. The zero-order chi connectivity index (χ0) is 25.2. The number of hydrogen-bond donors (Lipinski definition) is 1. The van der Waals surface area contributed by atoms with Gasteiger partial charge in [0, 0.05) is 19.8 Å². The summed E-state index contributed by atoms with van der Waals surface area (Å²) in [5, 5.41) is 2.97. The topological polar surface area (TPSA) is 38.3 Å². The number of rotatable bonds is 27. The SMILES string of the molecule is CCCCCCCCCCCCCCCCCCCCCCOCCCNC(=O)C[N+](C)(C)C. The Morgan fingerprint density at radius 2 is 0.912 bits per heavy atom. The van der Waals surface area contributed by atoms with Crippen molar-refractivity contribution in [2.45, 2.75) is 142 Å². The summed E-state index contributed by atoms with van der Waals surface area (Å²) < 4.78 is 6.37. The maximum Gasteiger partial charge on any atom is 0.275 e. The van der Waals surface area contributed by atoms with Crippen LogP contribution in [0.5, 0.6) is 0 Å². The minimum atomic E-state index is 0.126. The molecule has 0 bridgehead atoms. The first-order valence-electron chi connectivity index (χ1n) is 15.1. The quantitative estimate of drug-likeness (QED) is 0.0948. The van der Waals surface area contributed by atoms with E-state index < -0.39 is 0 Å². The van der Waals surface area contributed by atoms with E-state index in [2.05, 4.69) is 12.2 Å². The van der Waals surface area contributed by atoms with Crippen molar-refractivity contribution >= 4 is 5.91 Å². The van der Waals surface area contributed by atoms with Crippen LogP contribution in [0, 0.1) is 0 Å². The van der Waals surface area contributed by atoms with Crippen molar-refractivity contribution in [1.82, 2.24) is 5.32 Å². The van der Waals surface area contributed by atoms with E-state index in [0.29, 0.717) is 11.0 Å². The number of hydrogen-bond acceptors (Lipinski definition) is 2. The molecular formula is C30H63N2O2+. The third-order valence-corrected chi connectivity index (χ3v) is 6.55. The lowest BCUT2D eigenvalue weighted by Crippen LogP contribution is -2.44. The van der Waals surface area contributed by atoms with Crippen molar-refractivity contribution in [2.75, 3.05) is 47.4 Å². The number of nitrogens with one attached hydrogen (secondary N) is 1. The van der Waals surface area contributed by atoms with Gasteiger partial charge in [0.25, 0.3) is 5.91 Å². The molecule has 1 N–H and O–H groups in total. The molecule has 1 amide bonds.